The maximum Gasteiger partial charge on any atom is 0.343 e. The zero-order valence-corrected chi connectivity index (χ0v) is 8.37. The highest BCUT2D eigenvalue weighted by Gasteiger charge is 2.16. The normalized spacial score (nSPS) is 10.3. The second-order valence-electron chi connectivity index (χ2n) is 2.47. The second kappa shape index (κ2) is 4.27. The molecule has 0 fully saturated rings. The molecule has 0 spiro atoms. The topological polar surface area (TPSA) is 61.0 Å². The minimum absolute atomic E-state index is 0.0680. The number of aryl methyl sites for hydroxylation is 1. The summed E-state index contributed by atoms with van der Waals surface area (Å²) in [6.45, 7) is 3.78. The first-order valence-electron chi connectivity index (χ1n) is 3.91. The molecule has 1 heterocycles. The van der Waals surface area contributed by atoms with E-state index < -0.39 is 4.92 Å². The summed E-state index contributed by atoms with van der Waals surface area (Å²) in [5.74, 6) is 2.29. The van der Waals surface area contributed by atoms with Crippen LogP contribution in [0.5, 0.6) is 0 Å². The fourth-order valence-corrected chi connectivity index (χ4v) is 1.63. The van der Waals surface area contributed by atoms with Crippen molar-refractivity contribution in [2.75, 3.05) is 5.75 Å². The molecule has 0 radical (unpaired) electrons. The summed E-state index contributed by atoms with van der Waals surface area (Å²) < 4.78 is 1.61. The molecule has 0 unspecified atom stereocenters. The number of hydrogen-bond donors (Lipinski definition) is 0. The summed E-state index contributed by atoms with van der Waals surface area (Å²) in [5, 5.41) is 10.5. The van der Waals surface area contributed by atoms with Crippen molar-refractivity contribution in [3.05, 3.63) is 22.1 Å². The SMILES string of the molecule is CCSCn1c([N+](=O)[O-])cnc1C. The molecule has 0 aliphatic heterocycles. The van der Waals surface area contributed by atoms with Gasteiger partial charge in [0.25, 0.3) is 0 Å². The third kappa shape index (κ3) is 2.21. The van der Waals surface area contributed by atoms with E-state index in [9.17, 15) is 10.1 Å². The summed E-state index contributed by atoms with van der Waals surface area (Å²) in [5.41, 5.74) is 0. The molecule has 1 aromatic rings. The van der Waals surface area contributed by atoms with Gasteiger partial charge >= 0.3 is 5.82 Å². The number of imidazole rings is 1. The lowest BCUT2D eigenvalue weighted by molar-refractivity contribution is -0.391. The molecule has 0 amide bonds. The van der Waals surface area contributed by atoms with Crippen molar-refractivity contribution >= 4 is 17.6 Å². The van der Waals surface area contributed by atoms with Gasteiger partial charge in [-0.15, -0.1) is 11.8 Å². The van der Waals surface area contributed by atoms with E-state index in [4.69, 9.17) is 0 Å². The van der Waals surface area contributed by atoms with Crippen LogP contribution in [-0.4, -0.2) is 20.2 Å². The zero-order chi connectivity index (χ0) is 9.84. The van der Waals surface area contributed by atoms with Crippen LogP contribution in [0.3, 0.4) is 0 Å². The summed E-state index contributed by atoms with van der Waals surface area (Å²) in [6.07, 6.45) is 1.30. The predicted molar refractivity (Wildman–Crippen MR) is 51.8 cm³/mol. The fraction of sp³-hybridized carbons (Fsp3) is 0.571. The highest BCUT2D eigenvalue weighted by molar-refractivity contribution is 7.98. The number of rotatable bonds is 4. The van der Waals surface area contributed by atoms with Crippen molar-refractivity contribution in [1.29, 1.82) is 0 Å². The Hall–Kier alpha value is -1.04. The standard InChI is InChI=1S/C7H11N3O2S/c1-3-13-5-9-6(2)8-4-7(9)10(11)12/h4H,3,5H2,1-2H3. The maximum atomic E-state index is 10.5. The Labute approximate surface area is 80.3 Å². The van der Waals surface area contributed by atoms with Crippen LogP contribution in [0, 0.1) is 17.0 Å². The van der Waals surface area contributed by atoms with Gasteiger partial charge in [-0.2, -0.15) is 0 Å². The van der Waals surface area contributed by atoms with E-state index in [2.05, 4.69) is 4.98 Å². The van der Waals surface area contributed by atoms with Gasteiger partial charge in [0.05, 0.1) is 0 Å². The van der Waals surface area contributed by atoms with Crippen molar-refractivity contribution < 1.29 is 4.92 Å². The molecule has 0 saturated heterocycles. The fourth-order valence-electron chi connectivity index (χ4n) is 0.944. The minimum atomic E-state index is -0.407. The Morgan fingerprint density at radius 3 is 3.00 bits per heavy atom. The van der Waals surface area contributed by atoms with Crippen molar-refractivity contribution in [2.24, 2.45) is 0 Å². The van der Waals surface area contributed by atoms with Gasteiger partial charge < -0.3 is 10.1 Å². The van der Waals surface area contributed by atoms with Crippen molar-refractivity contribution in [3.63, 3.8) is 0 Å². The highest BCUT2D eigenvalue weighted by atomic mass is 32.2. The number of hydrogen-bond acceptors (Lipinski definition) is 4. The lowest BCUT2D eigenvalue weighted by atomic mass is 10.7. The molecule has 0 atom stereocenters. The van der Waals surface area contributed by atoms with Crippen LogP contribution >= 0.6 is 11.8 Å². The number of thioether (sulfide) groups is 1. The highest BCUT2D eigenvalue weighted by Crippen LogP contribution is 2.17. The molecule has 1 aromatic heterocycles. The first-order valence-corrected chi connectivity index (χ1v) is 5.06. The van der Waals surface area contributed by atoms with Crippen LogP contribution in [0.1, 0.15) is 12.7 Å². The van der Waals surface area contributed by atoms with Crippen LogP contribution in [0.15, 0.2) is 6.20 Å². The molecular weight excluding hydrogens is 190 g/mol. The number of nitro groups is 1. The Morgan fingerprint density at radius 2 is 2.46 bits per heavy atom. The van der Waals surface area contributed by atoms with Gasteiger partial charge in [0.2, 0.25) is 0 Å². The summed E-state index contributed by atoms with van der Waals surface area (Å²) in [4.78, 5) is 14.0. The zero-order valence-electron chi connectivity index (χ0n) is 7.56. The molecule has 0 aliphatic carbocycles. The van der Waals surface area contributed by atoms with E-state index in [1.807, 2.05) is 6.92 Å². The molecule has 13 heavy (non-hydrogen) atoms. The van der Waals surface area contributed by atoms with Crippen molar-refractivity contribution in [3.8, 4) is 0 Å². The van der Waals surface area contributed by atoms with E-state index in [0.29, 0.717) is 11.7 Å². The average Bonchev–Trinajstić information content (AvgIpc) is 2.43. The molecule has 1 rings (SSSR count). The van der Waals surface area contributed by atoms with Gasteiger partial charge in [-0.1, -0.05) is 6.92 Å². The third-order valence-corrected chi connectivity index (χ3v) is 2.49. The van der Waals surface area contributed by atoms with E-state index in [0.717, 1.165) is 5.75 Å². The van der Waals surface area contributed by atoms with Crippen LogP contribution in [0.4, 0.5) is 5.82 Å². The van der Waals surface area contributed by atoms with Crippen LogP contribution in [-0.2, 0) is 5.88 Å². The Bertz CT molecular complexity index is 311. The van der Waals surface area contributed by atoms with Gasteiger partial charge in [-0.05, 0) is 10.7 Å². The lowest BCUT2D eigenvalue weighted by Crippen LogP contribution is -2.02. The van der Waals surface area contributed by atoms with Gasteiger partial charge in [-0.3, -0.25) is 0 Å². The predicted octanol–water partition coefficient (Wildman–Crippen LogP) is 1.81. The summed E-state index contributed by atoms with van der Waals surface area (Å²) in [6, 6.07) is 0. The van der Waals surface area contributed by atoms with Crippen LogP contribution in [0.25, 0.3) is 0 Å². The van der Waals surface area contributed by atoms with Crippen molar-refractivity contribution in [2.45, 2.75) is 19.7 Å². The van der Waals surface area contributed by atoms with E-state index in [-0.39, 0.29) is 5.82 Å². The lowest BCUT2D eigenvalue weighted by Gasteiger charge is -2.00. The Morgan fingerprint density at radius 1 is 1.77 bits per heavy atom. The molecule has 0 N–H and O–H groups in total. The van der Waals surface area contributed by atoms with Gasteiger partial charge in [0.15, 0.2) is 5.82 Å². The molecule has 5 nitrogen and oxygen atoms in total. The Balaban J connectivity index is 2.88. The molecule has 0 bridgehead atoms. The third-order valence-electron chi connectivity index (χ3n) is 1.65. The first-order chi connectivity index (χ1) is 6.16. The quantitative estimate of drug-likeness (QED) is 0.550. The van der Waals surface area contributed by atoms with Crippen molar-refractivity contribution in [1.82, 2.24) is 9.55 Å². The van der Waals surface area contributed by atoms with Gasteiger partial charge in [0, 0.05) is 6.92 Å². The molecule has 6 heteroatoms. The summed E-state index contributed by atoms with van der Waals surface area (Å²) >= 11 is 1.63. The van der Waals surface area contributed by atoms with Gasteiger partial charge in [-0.25, -0.2) is 9.55 Å². The van der Waals surface area contributed by atoms with E-state index in [1.54, 1.807) is 23.3 Å². The molecule has 0 aliphatic rings. The monoisotopic (exact) mass is 201 g/mol. The van der Waals surface area contributed by atoms with Gasteiger partial charge in [0.1, 0.15) is 12.1 Å². The first kappa shape index (κ1) is 10.0. The van der Waals surface area contributed by atoms with E-state index in [1.165, 1.54) is 6.20 Å². The molecule has 0 aromatic carbocycles. The van der Waals surface area contributed by atoms with Crippen LogP contribution < -0.4 is 0 Å². The summed E-state index contributed by atoms with van der Waals surface area (Å²) in [7, 11) is 0. The molecular formula is C7H11N3O2S. The molecule has 0 saturated carbocycles. The molecule has 72 valence electrons. The largest absolute Gasteiger partial charge is 0.358 e. The maximum absolute atomic E-state index is 10.5. The van der Waals surface area contributed by atoms with E-state index >= 15 is 0 Å². The second-order valence-corrected chi connectivity index (χ2v) is 3.71. The average molecular weight is 201 g/mol. The van der Waals surface area contributed by atoms with Crippen LogP contribution in [0.2, 0.25) is 0 Å². The Kier molecular flexibility index (Phi) is 3.30. The number of aromatic nitrogens is 2. The smallest absolute Gasteiger partial charge is 0.343 e. The number of nitrogens with zero attached hydrogens (tertiary/aromatic N) is 3. The minimum Gasteiger partial charge on any atom is -0.358 e.